The summed E-state index contributed by atoms with van der Waals surface area (Å²) < 4.78 is 12.9. The molecule has 8 heteroatoms. The number of rotatable bonds is 4. The highest BCUT2D eigenvalue weighted by Gasteiger charge is 2.23. The molecule has 3 aromatic rings. The van der Waals surface area contributed by atoms with Gasteiger partial charge in [0.1, 0.15) is 11.8 Å². The number of amides is 1. The van der Waals surface area contributed by atoms with Gasteiger partial charge in [0.05, 0.1) is 23.2 Å². The minimum absolute atomic E-state index is 0.277. The lowest BCUT2D eigenvalue weighted by atomic mass is 10.2. The lowest BCUT2D eigenvalue weighted by Gasteiger charge is -2.33. The maximum absolute atomic E-state index is 11.8. The third-order valence-electron chi connectivity index (χ3n) is 5.17. The van der Waals surface area contributed by atoms with E-state index in [9.17, 15) is 10.1 Å². The fraction of sp³-hybridized carbons (Fsp3) is 0.318. The van der Waals surface area contributed by atoms with Crippen LogP contribution in [0.4, 0.5) is 10.7 Å². The van der Waals surface area contributed by atoms with E-state index in [0.717, 1.165) is 11.0 Å². The molecule has 1 fully saturated rings. The Kier molecular flexibility index (Phi) is 5.44. The van der Waals surface area contributed by atoms with Gasteiger partial charge in [0.15, 0.2) is 11.7 Å². The number of allylic oxidation sites excluding steroid dienone is 1. The summed E-state index contributed by atoms with van der Waals surface area (Å²) in [5.41, 5.74) is 2.24. The molecule has 0 radical (unpaired) electrons. The molecule has 1 aliphatic heterocycles. The number of imidazole rings is 1. The third-order valence-corrected chi connectivity index (χ3v) is 5.17. The van der Waals surface area contributed by atoms with Crippen molar-refractivity contribution < 1.29 is 13.9 Å². The number of nitriles is 1. The third kappa shape index (κ3) is 3.74. The average Bonchev–Trinajstić information content (AvgIpc) is 3.37. The highest BCUT2D eigenvalue weighted by molar-refractivity contribution is 5.90. The molecule has 0 spiro atoms. The van der Waals surface area contributed by atoms with Crippen LogP contribution in [0.5, 0.6) is 0 Å². The van der Waals surface area contributed by atoms with Crippen molar-refractivity contribution in [2.24, 2.45) is 7.05 Å². The number of ether oxygens (including phenoxy) is 1. The highest BCUT2D eigenvalue weighted by Crippen LogP contribution is 2.25. The molecule has 0 unspecified atom stereocenters. The van der Waals surface area contributed by atoms with Crippen LogP contribution in [0, 0.1) is 11.3 Å². The lowest BCUT2D eigenvalue weighted by molar-refractivity contribution is 0.104. The number of fused-ring (bicyclic) bond motifs is 1. The summed E-state index contributed by atoms with van der Waals surface area (Å²) in [4.78, 5) is 20.2. The molecule has 0 atom stereocenters. The smallest absolute Gasteiger partial charge is 0.409 e. The molecule has 0 bridgehead atoms. The fourth-order valence-corrected chi connectivity index (χ4v) is 3.59. The number of piperazine rings is 1. The second kappa shape index (κ2) is 8.33. The van der Waals surface area contributed by atoms with E-state index in [1.54, 1.807) is 17.9 Å². The Balaban J connectivity index is 1.51. The van der Waals surface area contributed by atoms with Gasteiger partial charge in [0.2, 0.25) is 0 Å². The minimum Gasteiger partial charge on any atom is -0.450 e. The van der Waals surface area contributed by atoms with E-state index in [0.29, 0.717) is 55.8 Å². The van der Waals surface area contributed by atoms with E-state index in [-0.39, 0.29) is 6.09 Å². The van der Waals surface area contributed by atoms with Crippen molar-refractivity contribution in [3.8, 4) is 6.07 Å². The Hall–Kier alpha value is -3.73. The first-order chi connectivity index (χ1) is 14.6. The summed E-state index contributed by atoms with van der Waals surface area (Å²) in [5, 5.41) is 9.70. The SMILES string of the molecule is CCOC(=O)N1CCN(c2ccc(/C=C(\C#N)c3nc4ccccc4n3C)o2)CC1. The Bertz CT molecular complexity index is 1130. The number of hydrogen-bond donors (Lipinski definition) is 0. The van der Waals surface area contributed by atoms with E-state index in [4.69, 9.17) is 9.15 Å². The van der Waals surface area contributed by atoms with Gasteiger partial charge in [-0.05, 0) is 25.1 Å². The van der Waals surface area contributed by atoms with Crippen LogP contribution in [0.15, 0.2) is 40.8 Å². The molecular formula is C22H23N5O3. The Morgan fingerprint density at radius 2 is 2.00 bits per heavy atom. The van der Waals surface area contributed by atoms with Gasteiger partial charge in [-0.25, -0.2) is 9.78 Å². The fourth-order valence-electron chi connectivity index (χ4n) is 3.59. The van der Waals surface area contributed by atoms with Gasteiger partial charge < -0.3 is 23.5 Å². The number of anilines is 1. The summed E-state index contributed by atoms with van der Waals surface area (Å²) in [5.74, 6) is 1.90. The lowest BCUT2D eigenvalue weighted by Crippen LogP contribution is -2.48. The summed E-state index contributed by atoms with van der Waals surface area (Å²) in [6.07, 6.45) is 1.43. The van der Waals surface area contributed by atoms with Crippen molar-refractivity contribution in [2.75, 3.05) is 37.7 Å². The normalized spacial score (nSPS) is 14.8. The van der Waals surface area contributed by atoms with Crippen molar-refractivity contribution in [2.45, 2.75) is 6.92 Å². The molecule has 154 valence electrons. The molecule has 30 heavy (non-hydrogen) atoms. The van der Waals surface area contributed by atoms with Crippen molar-refractivity contribution in [3.63, 3.8) is 0 Å². The van der Waals surface area contributed by atoms with Crippen LogP contribution in [-0.4, -0.2) is 53.3 Å². The number of benzene rings is 1. The van der Waals surface area contributed by atoms with E-state index >= 15 is 0 Å². The van der Waals surface area contributed by atoms with Crippen molar-refractivity contribution in [1.82, 2.24) is 14.5 Å². The number of carbonyl (C=O) groups is 1. The quantitative estimate of drug-likeness (QED) is 0.617. The van der Waals surface area contributed by atoms with Crippen molar-refractivity contribution in [3.05, 3.63) is 48.0 Å². The van der Waals surface area contributed by atoms with E-state index in [1.165, 1.54) is 0 Å². The predicted octanol–water partition coefficient (Wildman–Crippen LogP) is 3.51. The van der Waals surface area contributed by atoms with Crippen LogP contribution >= 0.6 is 0 Å². The number of hydrogen-bond acceptors (Lipinski definition) is 6. The molecule has 0 saturated carbocycles. The van der Waals surface area contributed by atoms with Gasteiger partial charge in [-0.1, -0.05) is 12.1 Å². The zero-order valence-electron chi connectivity index (χ0n) is 17.0. The highest BCUT2D eigenvalue weighted by atomic mass is 16.6. The van der Waals surface area contributed by atoms with Crippen LogP contribution in [0.1, 0.15) is 18.5 Å². The standard InChI is InChI=1S/C22H23N5O3/c1-3-29-22(28)27-12-10-26(11-13-27)20-9-8-17(30-20)14-16(15-23)21-24-18-6-4-5-7-19(18)25(21)2/h4-9,14H,3,10-13H2,1-2H3/b16-14+. The summed E-state index contributed by atoms with van der Waals surface area (Å²) in [6.45, 7) is 4.65. The first-order valence-electron chi connectivity index (χ1n) is 9.91. The zero-order valence-corrected chi connectivity index (χ0v) is 17.0. The average molecular weight is 405 g/mol. The Morgan fingerprint density at radius 3 is 2.70 bits per heavy atom. The number of para-hydroxylation sites is 2. The van der Waals surface area contributed by atoms with Crippen LogP contribution < -0.4 is 4.90 Å². The van der Waals surface area contributed by atoms with Gasteiger partial charge >= 0.3 is 6.09 Å². The van der Waals surface area contributed by atoms with Crippen LogP contribution in [-0.2, 0) is 11.8 Å². The zero-order chi connectivity index (χ0) is 21.1. The van der Waals surface area contributed by atoms with Crippen LogP contribution in [0.25, 0.3) is 22.7 Å². The second-order valence-corrected chi connectivity index (χ2v) is 7.00. The second-order valence-electron chi connectivity index (χ2n) is 7.00. The van der Waals surface area contributed by atoms with E-state index in [1.807, 2.05) is 48.0 Å². The monoisotopic (exact) mass is 405 g/mol. The van der Waals surface area contributed by atoms with Crippen LogP contribution in [0.3, 0.4) is 0 Å². The number of nitrogens with zero attached hydrogens (tertiary/aromatic N) is 5. The van der Waals surface area contributed by atoms with Gasteiger partial charge in [-0.15, -0.1) is 0 Å². The molecular weight excluding hydrogens is 382 g/mol. The van der Waals surface area contributed by atoms with Crippen molar-refractivity contribution in [1.29, 1.82) is 5.26 Å². The van der Waals surface area contributed by atoms with E-state index < -0.39 is 0 Å². The molecule has 4 rings (SSSR count). The van der Waals surface area contributed by atoms with Gasteiger partial charge in [0, 0.05) is 45.4 Å². The number of aryl methyl sites for hydroxylation is 1. The van der Waals surface area contributed by atoms with Gasteiger partial charge in [-0.2, -0.15) is 5.26 Å². The maximum atomic E-state index is 11.8. The number of aromatic nitrogens is 2. The summed E-state index contributed by atoms with van der Waals surface area (Å²) in [7, 11) is 1.90. The number of furan rings is 1. The van der Waals surface area contributed by atoms with Crippen molar-refractivity contribution >= 4 is 34.7 Å². The molecule has 1 amide bonds. The molecule has 1 saturated heterocycles. The molecule has 1 aliphatic rings. The first kappa shape index (κ1) is 19.6. The largest absolute Gasteiger partial charge is 0.450 e. The van der Waals surface area contributed by atoms with Crippen LogP contribution in [0.2, 0.25) is 0 Å². The minimum atomic E-state index is -0.277. The molecule has 1 aromatic carbocycles. The topological polar surface area (TPSA) is 87.5 Å². The Morgan fingerprint density at radius 1 is 1.23 bits per heavy atom. The molecule has 8 nitrogen and oxygen atoms in total. The molecule has 3 heterocycles. The predicted molar refractivity (Wildman–Crippen MR) is 114 cm³/mol. The molecule has 0 aliphatic carbocycles. The molecule has 2 aromatic heterocycles. The first-order valence-corrected chi connectivity index (χ1v) is 9.91. The summed E-state index contributed by atoms with van der Waals surface area (Å²) in [6, 6.07) is 13.7. The van der Waals surface area contributed by atoms with E-state index in [2.05, 4.69) is 16.0 Å². The maximum Gasteiger partial charge on any atom is 0.409 e. The van der Waals surface area contributed by atoms with Gasteiger partial charge in [0.25, 0.3) is 0 Å². The molecule has 0 N–H and O–H groups in total. The number of carbonyl (C=O) groups excluding carboxylic acids is 1. The van der Waals surface area contributed by atoms with Gasteiger partial charge in [-0.3, -0.25) is 0 Å². The summed E-state index contributed by atoms with van der Waals surface area (Å²) >= 11 is 0. The Labute approximate surface area is 174 Å².